The molecule has 0 fully saturated rings. The van der Waals surface area contributed by atoms with Gasteiger partial charge in [0, 0.05) is 0 Å². The van der Waals surface area contributed by atoms with E-state index in [2.05, 4.69) is 15.6 Å². The standard InChI is InChI=1S/C11H22N2O4/c1-7(2)8(9(14)16-6)12-13-10(15)17-11(3,4)5/h7-8,12H,1-6H3,(H,13,15). The average molecular weight is 246 g/mol. The Morgan fingerprint density at radius 3 is 2.06 bits per heavy atom. The van der Waals surface area contributed by atoms with Gasteiger partial charge in [-0.2, -0.15) is 0 Å². The number of hydrogen-bond donors (Lipinski definition) is 2. The minimum atomic E-state index is -0.632. The van der Waals surface area contributed by atoms with Crippen molar-refractivity contribution in [2.24, 2.45) is 5.92 Å². The minimum Gasteiger partial charge on any atom is -0.468 e. The second kappa shape index (κ2) is 6.44. The maximum Gasteiger partial charge on any atom is 0.422 e. The third-order valence-corrected chi connectivity index (χ3v) is 1.85. The lowest BCUT2D eigenvalue weighted by Crippen LogP contribution is -2.52. The Hall–Kier alpha value is -1.30. The summed E-state index contributed by atoms with van der Waals surface area (Å²) in [6.45, 7) is 8.95. The summed E-state index contributed by atoms with van der Waals surface area (Å²) in [7, 11) is 1.30. The average Bonchev–Trinajstić information content (AvgIpc) is 2.14. The molecule has 1 amide bonds. The molecule has 0 spiro atoms. The van der Waals surface area contributed by atoms with Gasteiger partial charge in [-0.15, -0.1) is 0 Å². The molecule has 2 N–H and O–H groups in total. The number of methoxy groups -OCH3 is 1. The van der Waals surface area contributed by atoms with Crippen LogP contribution in [0.15, 0.2) is 0 Å². The number of amides is 1. The van der Waals surface area contributed by atoms with Crippen LogP contribution in [0.5, 0.6) is 0 Å². The van der Waals surface area contributed by atoms with Crippen LogP contribution in [-0.4, -0.2) is 30.8 Å². The van der Waals surface area contributed by atoms with Crippen molar-refractivity contribution in [1.82, 2.24) is 10.9 Å². The summed E-state index contributed by atoms with van der Waals surface area (Å²) < 4.78 is 9.63. The first kappa shape index (κ1) is 15.7. The predicted molar refractivity (Wildman–Crippen MR) is 63.1 cm³/mol. The molecule has 0 saturated carbocycles. The van der Waals surface area contributed by atoms with E-state index in [1.165, 1.54) is 7.11 Å². The Labute approximate surface area is 102 Å². The van der Waals surface area contributed by atoms with Gasteiger partial charge in [-0.3, -0.25) is 10.2 Å². The molecule has 0 rings (SSSR count). The second-order valence-corrected chi connectivity index (χ2v) is 5.02. The summed E-state index contributed by atoms with van der Waals surface area (Å²) in [5.74, 6) is -0.451. The van der Waals surface area contributed by atoms with Crippen molar-refractivity contribution < 1.29 is 19.1 Å². The number of hydrazine groups is 1. The predicted octanol–water partition coefficient (Wildman–Crippen LogP) is 1.21. The van der Waals surface area contributed by atoms with Crippen LogP contribution in [0.1, 0.15) is 34.6 Å². The van der Waals surface area contributed by atoms with Crippen LogP contribution in [-0.2, 0) is 14.3 Å². The second-order valence-electron chi connectivity index (χ2n) is 5.02. The van der Waals surface area contributed by atoms with E-state index < -0.39 is 23.7 Å². The molecular formula is C11H22N2O4. The number of nitrogens with one attached hydrogen (secondary N) is 2. The quantitative estimate of drug-likeness (QED) is 0.576. The van der Waals surface area contributed by atoms with Gasteiger partial charge in [0.25, 0.3) is 0 Å². The van der Waals surface area contributed by atoms with E-state index >= 15 is 0 Å². The van der Waals surface area contributed by atoms with E-state index in [9.17, 15) is 9.59 Å². The van der Waals surface area contributed by atoms with Gasteiger partial charge in [0.2, 0.25) is 0 Å². The molecule has 0 heterocycles. The van der Waals surface area contributed by atoms with E-state index in [0.29, 0.717) is 0 Å². The minimum absolute atomic E-state index is 0.0163. The fourth-order valence-corrected chi connectivity index (χ4v) is 1.07. The van der Waals surface area contributed by atoms with Crippen LogP contribution in [0.4, 0.5) is 4.79 Å². The van der Waals surface area contributed by atoms with Gasteiger partial charge >= 0.3 is 12.1 Å². The Bertz CT molecular complexity index is 271. The van der Waals surface area contributed by atoms with Crippen molar-refractivity contribution in [1.29, 1.82) is 0 Å². The molecule has 100 valence electrons. The highest BCUT2D eigenvalue weighted by molar-refractivity contribution is 5.76. The van der Waals surface area contributed by atoms with E-state index in [1.54, 1.807) is 20.8 Å². The zero-order valence-electron chi connectivity index (χ0n) is 11.3. The molecule has 1 atom stereocenters. The number of ether oxygens (including phenoxy) is 2. The summed E-state index contributed by atoms with van der Waals surface area (Å²) in [6.07, 6.45) is -0.632. The molecule has 0 saturated heterocycles. The summed E-state index contributed by atoms with van der Waals surface area (Å²) >= 11 is 0. The monoisotopic (exact) mass is 246 g/mol. The topological polar surface area (TPSA) is 76.7 Å². The van der Waals surface area contributed by atoms with Gasteiger partial charge in [-0.25, -0.2) is 10.2 Å². The molecule has 6 nitrogen and oxygen atoms in total. The first-order valence-electron chi connectivity index (χ1n) is 5.49. The van der Waals surface area contributed by atoms with Crippen molar-refractivity contribution in [2.75, 3.05) is 7.11 Å². The lowest BCUT2D eigenvalue weighted by molar-refractivity contribution is -0.144. The Kier molecular flexibility index (Phi) is 5.95. The number of esters is 1. The molecule has 0 bridgehead atoms. The highest BCUT2D eigenvalue weighted by Gasteiger charge is 2.24. The first-order valence-corrected chi connectivity index (χ1v) is 5.49. The molecule has 6 heteroatoms. The van der Waals surface area contributed by atoms with Gasteiger partial charge in [0.1, 0.15) is 11.6 Å². The molecule has 0 aliphatic carbocycles. The third kappa shape index (κ3) is 6.78. The summed E-state index contributed by atoms with van der Waals surface area (Å²) in [4.78, 5) is 22.7. The molecule has 0 aromatic carbocycles. The Balaban J connectivity index is 4.23. The van der Waals surface area contributed by atoms with Crippen molar-refractivity contribution >= 4 is 12.1 Å². The van der Waals surface area contributed by atoms with E-state index in [4.69, 9.17) is 4.74 Å². The van der Waals surface area contributed by atoms with Crippen molar-refractivity contribution in [2.45, 2.75) is 46.3 Å². The van der Waals surface area contributed by atoms with Crippen molar-refractivity contribution in [3.8, 4) is 0 Å². The number of carbonyl (C=O) groups is 2. The fourth-order valence-electron chi connectivity index (χ4n) is 1.07. The van der Waals surface area contributed by atoms with Crippen LogP contribution in [0.25, 0.3) is 0 Å². The molecule has 0 aromatic rings. The Morgan fingerprint density at radius 2 is 1.71 bits per heavy atom. The molecule has 0 aliphatic heterocycles. The summed E-state index contributed by atoms with van der Waals surface area (Å²) in [5, 5.41) is 0. The van der Waals surface area contributed by atoms with Crippen LogP contribution in [0.2, 0.25) is 0 Å². The maximum absolute atomic E-state index is 11.4. The summed E-state index contributed by atoms with van der Waals surface area (Å²) in [5.41, 5.74) is 4.34. The van der Waals surface area contributed by atoms with Gasteiger partial charge in [0.15, 0.2) is 0 Å². The smallest absolute Gasteiger partial charge is 0.422 e. The van der Waals surface area contributed by atoms with Crippen molar-refractivity contribution in [3.05, 3.63) is 0 Å². The third-order valence-electron chi connectivity index (χ3n) is 1.85. The lowest BCUT2D eigenvalue weighted by atomic mass is 10.1. The van der Waals surface area contributed by atoms with Gasteiger partial charge < -0.3 is 9.47 Å². The molecule has 17 heavy (non-hydrogen) atoms. The van der Waals surface area contributed by atoms with Crippen LogP contribution in [0, 0.1) is 5.92 Å². The number of carbonyl (C=O) groups excluding carboxylic acids is 2. The largest absolute Gasteiger partial charge is 0.468 e. The highest BCUT2D eigenvalue weighted by atomic mass is 16.6. The van der Waals surface area contributed by atoms with Gasteiger partial charge in [0.05, 0.1) is 7.11 Å². The van der Waals surface area contributed by atoms with E-state index in [1.807, 2.05) is 13.8 Å². The van der Waals surface area contributed by atoms with Gasteiger partial charge in [-0.05, 0) is 26.7 Å². The SMILES string of the molecule is COC(=O)C(NNC(=O)OC(C)(C)C)C(C)C. The number of hydrogen-bond acceptors (Lipinski definition) is 5. The zero-order chi connectivity index (χ0) is 13.6. The van der Waals surface area contributed by atoms with Gasteiger partial charge in [-0.1, -0.05) is 13.8 Å². The van der Waals surface area contributed by atoms with Crippen LogP contribution >= 0.6 is 0 Å². The van der Waals surface area contributed by atoms with E-state index in [0.717, 1.165) is 0 Å². The lowest BCUT2D eigenvalue weighted by Gasteiger charge is -2.23. The van der Waals surface area contributed by atoms with Crippen molar-refractivity contribution in [3.63, 3.8) is 0 Å². The summed E-state index contributed by atoms with van der Waals surface area (Å²) in [6, 6.07) is -0.604. The highest BCUT2D eigenvalue weighted by Crippen LogP contribution is 2.06. The van der Waals surface area contributed by atoms with Crippen LogP contribution in [0.3, 0.4) is 0 Å². The molecule has 1 unspecified atom stereocenters. The fraction of sp³-hybridized carbons (Fsp3) is 0.818. The normalized spacial score (nSPS) is 13.1. The van der Waals surface area contributed by atoms with E-state index in [-0.39, 0.29) is 5.92 Å². The Morgan fingerprint density at radius 1 is 1.18 bits per heavy atom. The zero-order valence-corrected chi connectivity index (χ0v) is 11.3. The van der Waals surface area contributed by atoms with Crippen LogP contribution < -0.4 is 10.9 Å². The number of rotatable bonds is 4. The molecular weight excluding hydrogens is 224 g/mol. The molecule has 0 aromatic heterocycles. The molecule has 0 aliphatic rings. The first-order chi connectivity index (χ1) is 7.67. The molecule has 0 radical (unpaired) electrons. The maximum atomic E-state index is 11.4.